The number of nitrogen functional groups attached to an aromatic ring is 1. The van der Waals surface area contributed by atoms with E-state index in [1.54, 1.807) is 0 Å². The standard InChI is InChI=1S/C10H15N5O2S/c1-2-7-5-14(3-4-18-7)10-8(15(16)17)9(11)12-6-13-10/h6-7H,2-5H2,1H3,(H2,11,12,13). The quantitative estimate of drug-likeness (QED) is 0.652. The lowest BCUT2D eigenvalue weighted by molar-refractivity contribution is -0.383. The van der Waals surface area contributed by atoms with Gasteiger partial charge in [0.25, 0.3) is 0 Å². The summed E-state index contributed by atoms with van der Waals surface area (Å²) >= 11 is 1.89. The van der Waals surface area contributed by atoms with Gasteiger partial charge in [-0.1, -0.05) is 6.92 Å². The molecule has 1 aromatic heterocycles. The Morgan fingerprint density at radius 2 is 2.44 bits per heavy atom. The normalized spacial score (nSPS) is 19.8. The molecule has 2 N–H and O–H groups in total. The minimum Gasteiger partial charge on any atom is -0.378 e. The number of nitrogens with two attached hydrogens (primary N) is 1. The molecule has 1 unspecified atom stereocenters. The first kappa shape index (κ1) is 12.9. The number of nitrogens with zero attached hydrogens (tertiary/aromatic N) is 4. The monoisotopic (exact) mass is 269 g/mol. The molecule has 1 aliphatic rings. The molecule has 1 saturated heterocycles. The van der Waals surface area contributed by atoms with E-state index < -0.39 is 4.92 Å². The summed E-state index contributed by atoms with van der Waals surface area (Å²) in [6, 6.07) is 0. The van der Waals surface area contributed by atoms with Gasteiger partial charge in [-0.2, -0.15) is 11.8 Å². The average molecular weight is 269 g/mol. The largest absolute Gasteiger partial charge is 0.378 e. The molecule has 1 fully saturated rings. The lowest BCUT2D eigenvalue weighted by atomic mass is 10.3. The van der Waals surface area contributed by atoms with Crippen LogP contribution >= 0.6 is 11.8 Å². The molecule has 0 spiro atoms. The van der Waals surface area contributed by atoms with E-state index in [1.807, 2.05) is 16.7 Å². The molecule has 1 atom stereocenters. The van der Waals surface area contributed by atoms with E-state index in [0.29, 0.717) is 11.1 Å². The predicted molar refractivity (Wildman–Crippen MR) is 71.8 cm³/mol. The Morgan fingerprint density at radius 1 is 1.67 bits per heavy atom. The molecular formula is C10H15N5O2S. The van der Waals surface area contributed by atoms with Crippen LogP contribution in [0.15, 0.2) is 6.33 Å². The maximum Gasteiger partial charge on any atom is 0.353 e. The van der Waals surface area contributed by atoms with E-state index in [0.717, 1.165) is 25.3 Å². The number of thioether (sulfide) groups is 1. The van der Waals surface area contributed by atoms with Crippen molar-refractivity contribution in [3.63, 3.8) is 0 Å². The van der Waals surface area contributed by atoms with Crippen LogP contribution in [0.3, 0.4) is 0 Å². The van der Waals surface area contributed by atoms with Crippen LogP contribution in [0.25, 0.3) is 0 Å². The molecular weight excluding hydrogens is 254 g/mol. The zero-order chi connectivity index (χ0) is 13.1. The molecule has 0 radical (unpaired) electrons. The fraction of sp³-hybridized carbons (Fsp3) is 0.600. The number of hydrogen-bond donors (Lipinski definition) is 1. The van der Waals surface area contributed by atoms with Crippen molar-refractivity contribution in [3.8, 4) is 0 Å². The van der Waals surface area contributed by atoms with Gasteiger partial charge < -0.3 is 10.6 Å². The van der Waals surface area contributed by atoms with Gasteiger partial charge in [0.1, 0.15) is 6.33 Å². The lowest BCUT2D eigenvalue weighted by Crippen LogP contribution is -2.38. The highest BCUT2D eigenvalue weighted by Gasteiger charge is 2.28. The Morgan fingerprint density at radius 3 is 3.11 bits per heavy atom. The number of anilines is 2. The van der Waals surface area contributed by atoms with Gasteiger partial charge in [0, 0.05) is 24.1 Å². The van der Waals surface area contributed by atoms with Crippen LogP contribution in [0.5, 0.6) is 0 Å². The van der Waals surface area contributed by atoms with E-state index in [9.17, 15) is 10.1 Å². The summed E-state index contributed by atoms with van der Waals surface area (Å²) < 4.78 is 0. The maximum absolute atomic E-state index is 11.0. The molecule has 1 aromatic rings. The average Bonchev–Trinajstić information content (AvgIpc) is 2.38. The topological polar surface area (TPSA) is 98.2 Å². The van der Waals surface area contributed by atoms with Crippen molar-refractivity contribution in [3.05, 3.63) is 16.4 Å². The molecule has 0 aromatic carbocycles. The number of hydrogen-bond acceptors (Lipinski definition) is 7. The third kappa shape index (κ3) is 2.47. The third-order valence-corrected chi connectivity index (χ3v) is 4.28. The minimum atomic E-state index is -0.507. The van der Waals surface area contributed by atoms with Gasteiger partial charge in [-0.25, -0.2) is 9.97 Å². The number of aromatic nitrogens is 2. The van der Waals surface area contributed by atoms with Gasteiger partial charge >= 0.3 is 5.69 Å². The zero-order valence-electron chi connectivity index (χ0n) is 10.1. The van der Waals surface area contributed by atoms with Gasteiger partial charge in [-0.15, -0.1) is 0 Å². The summed E-state index contributed by atoms with van der Waals surface area (Å²) in [6.07, 6.45) is 2.32. The van der Waals surface area contributed by atoms with E-state index >= 15 is 0 Å². The second-order valence-corrected chi connectivity index (χ2v) is 5.44. The van der Waals surface area contributed by atoms with Gasteiger partial charge in [-0.3, -0.25) is 10.1 Å². The molecule has 7 nitrogen and oxygen atoms in total. The smallest absolute Gasteiger partial charge is 0.353 e. The first-order chi connectivity index (χ1) is 8.63. The van der Waals surface area contributed by atoms with Crippen molar-refractivity contribution in [2.75, 3.05) is 29.5 Å². The fourth-order valence-electron chi connectivity index (χ4n) is 1.95. The summed E-state index contributed by atoms with van der Waals surface area (Å²) in [5.74, 6) is 1.21. The Bertz CT molecular complexity index is 456. The Balaban J connectivity index is 2.32. The van der Waals surface area contributed by atoms with Crippen LogP contribution in [0.4, 0.5) is 17.3 Å². The highest BCUT2D eigenvalue weighted by molar-refractivity contribution is 8.00. The van der Waals surface area contributed by atoms with Crippen molar-refractivity contribution in [2.45, 2.75) is 18.6 Å². The van der Waals surface area contributed by atoms with Crippen LogP contribution in [-0.4, -0.2) is 39.0 Å². The van der Waals surface area contributed by atoms with Gasteiger partial charge in [0.05, 0.1) is 4.92 Å². The third-order valence-electron chi connectivity index (χ3n) is 2.91. The first-order valence-electron chi connectivity index (χ1n) is 5.75. The molecule has 1 aliphatic heterocycles. The summed E-state index contributed by atoms with van der Waals surface area (Å²) in [7, 11) is 0. The highest BCUT2D eigenvalue weighted by atomic mass is 32.2. The Hall–Kier alpha value is -1.57. The predicted octanol–water partition coefficient (Wildman–Crippen LogP) is 1.30. The van der Waals surface area contributed by atoms with Crippen molar-refractivity contribution >= 4 is 29.1 Å². The summed E-state index contributed by atoms with van der Waals surface area (Å²) in [5, 5.41) is 11.5. The number of nitro groups is 1. The summed E-state index contributed by atoms with van der Waals surface area (Å²) in [5.41, 5.74) is 5.39. The molecule has 0 saturated carbocycles. The minimum absolute atomic E-state index is 0.0729. The second kappa shape index (κ2) is 5.38. The van der Waals surface area contributed by atoms with Gasteiger partial charge in [0.15, 0.2) is 0 Å². The van der Waals surface area contributed by atoms with Gasteiger partial charge in [0.2, 0.25) is 11.6 Å². The van der Waals surface area contributed by atoms with Crippen LogP contribution in [0.2, 0.25) is 0 Å². The first-order valence-corrected chi connectivity index (χ1v) is 6.79. The summed E-state index contributed by atoms with van der Waals surface area (Å²) in [4.78, 5) is 20.2. The molecule has 0 aliphatic carbocycles. The van der Waals surface area contributed by atoms with Crippen molar-refractivity contribution < 1.29 is 4.92 Å². The zero-order valence-corrected chi connectivity index (χ0v) is 10.9. The van der Waals surface area contributed by atoms with E-state index in [1.165, 1.54) is 6.33 Å². The highest BCUT2D eigenvalue weighted by Crippen LogP contribution is 2.33. The van der Waals surface area contributed by atoms with Crippen LogP contribution in [0, 0.1) is 10.1 Å². The lowest BCUT2D eigenvalue weighted by Gasteiger charge is -2.32. The van der Waals surface area contributed by atoms with Crippen molar-refractivity contribution in [1.29, 1.82) is 0 Å². The Labute approximate surface area is 109 Å². The van der Waals surface area contributed by atoms with Crippen LogP contribution in [0.1, 0.15) is 13.3 Å². The molecule has 8 heteroatoms. The van der Waals surface area contributed by atoms with E-state index in [-0.39, 0.29) is 11.5 Å². The van der Waals surface area contributed by atoms with Crippen LogP contribution < -0.4 is 10.6 Å². The molecule has 0 amide bonds. The van der Waals surface area contributed by atoms with E-state index in [2.05, 4.69) is 16.9 Å². The van der Waals surface area contributed by atoms with Crippen molar-refractivity contribution in [2.24, 2.45) is 0 Å². The molecule has 18 heavy (non-hydrogen) atoms. The SMILES string of the molecule is CCC1CN(c2ncnc(N)c2[N+](=O)[O-])CCS1. The van der Waals surface area contributed by atoms with Gasteiger partial charge in [-0.05, 0) is 6.42 Å². The molecule has 0 bridgehead atoms. The Kier molecular flexibility index (Phi) is 3.85. The van der Waals surface area contributed by atoms with Crippen molar-refractivity contribution in [1.82, 2.24) is 9.97 Å². The fourth-order valence-corrected chi connectivity index (χ4v) is 3.13. The second-order valence-electron chi connectivity index (χ2n) is 4.04. The number of rotatable bonds is 3. The molecule has 98 valence electrons. The summed E-state index contributed by atoms with van der Waals surface area (Å²) in [6.45, 7) is 3.63. The van der Waals surface area contributed by atoms with E-state index in [4.69, 9.17) is 5.73 Å². The molecule has 2 rings (SSSR count). The van der Waals surface area contributed by atoms with Crippen LogP contribution in [-0.2, 0) is 0 Å². The maximum atomic E-state index is 11.0. The molecule has 2 heterocycles.